The Bertz CT molecular complexity index is 407. The highest BCUT2D eigenvalue weighted by molar-refractivity contribution is 6.28. The number of rotatable bonds is 2. The molecule has 2 rings (SSSR count). The van der Waals surface area contributed by atoms with Crippen LogP contribution in [0.15, 0.2) is 6.20 Å². The molecule has 1 aromatic rings. The SMILES string of the molecule is Cc1cnc(Cl)nc1N1CC(C)C(N(C)C)C1. The molecule has 0 radical (unpaired) electrons. The van der Waals surface area contributed by atoms with Gasteiger partial charge < -0.3 is 9.80 Å². The minimum atomic E-state index is 0.326. The highest BCUT2D eigenvalue weighted by atomic mass is 35.5. The molecule has 0 amide bonds. The summed E-state index contributed by atoms with van der Waals surface area (Å²) in [4.78, 5) is 12.9. The zero-order chi connectivity index (χ0) is 12.6. The van der Waals surface area contributed by atoms with Crippen molar-refractivity contribution in [3.63, 3.8) is 0 Å². The third kappa shape index (κ3) is 2.53. The van der Waals surface area contributed by atoms with Crippen LogP contribution in [0.25, 0.3) is 0 Å². The van der Waals surface area contributed by atoms with Gasteiger partial charge in [-0.3, -0.25) is 0 Å². The molecule has 0 N–H and O–H groups in total. The Labute approximate surface area is 108 Å². The van der Waals surface area contributed by atoms with Crippen molar-refractivity contribution in [1.82, 2.24) is 14.9 Å². The molecule has 0 aromatic carbocycles. The van der Waals surface area contributed by atoms with E-state index in [0.29, 0.717) is 17.2 Å². The molecular formula is C12H19ClN4. The summed E-state index contributed by atoms with van der Waals surface area (Å²) >= 11 is 5.87. The largest absolute Gasteiger partial charge is 0.354 e. The Morgan fingerprint density at radius 2 is 2.12 bits per heavy atom. The summed E-state index contributed by atoms with van der Waals surface area (Å²) in [5.41, 5.74) is 1.08. The Morgan fingerprint density at radius 3 is 2.71 bits per heavy atom. The third-order valence-corrected chi connectivity index (χ3v) is 3.63. The molecule has 2 heterocycles. The van der Waals surface area contributed by atoms with Gasteiger partial charge in [-0.1, -0.05) is 6.92 Å². The van der Waals surface area contributed by atoms with Crippen molar-refractivity contribution in [1.29, 1.82) is 0 Å². The van der Waals surface area contributed by atoms with Gasteiger partial charge in [0.05, 0.1) is 0 Å². The second-order valence-corrected chi connectivity index (χ2v) is 5.40. The highest BCUT2D eigenvalue weighted by Gasteiger charge is 2.32. The molecule has 2 unspecified atom stereocenters. The van der Waals surface area contributed by atoms with Crippen molar-refractivity contribution < 1.29 is 0 Å². The quantitative estimate of drug-likeness (QED) is 0.754. The van der Waals surface area contributed by atoms with Gasteiger partial charge in [0.25, 0.3) is 0 Å². The standard InChI is InChI=1S/C12H19ClN4/c1-8-5-14-12(13)15-11(8)17-6-9(2)10(7-17)16(3)4/h5,9-10H,6-7H2,1-4H3. The Morgan fingerprint density at radius 1 is 1.41 bits per heavy atom. The van der Waals surface area contributed by atoms with E-state index >= 15 is 0 Å². The first kappa shape index (κ1) is 12.6. The van der Waals surface area contributed by atoms with Crippen molar-refractivity contribution in [2.45, 2.75) is 19.9 Å². The fraction of sp³-hybridized carbons (Fsp3) is 0.667. The maximum atomic E-state index is 5.87. The van der Waals surface area contributed by atoms with Crippen LogP contribution in [0.4, 0.5) is 5.82 Å². The van der Waals surface area contributed by atoms with Crippen LogP contribution < -0.4 is 4.90 Å². The summed E-state index contributed by atoms with van der Waals surface area (Å²) in [6, 6.07) is 0.572. The first-order valence-corrected chi connectivity index (χ1v) is 6.27. The first-order valence-electron chi connectivity index (χ1n) is 5.89. The van der Waals surface area contributed by atoms with Crippen LogP contribution in [0, 0.1) is 12.8 Å². The minimum Gasteiger partial charge on any atom is -0.354 e. The highest BCUT2D eigenvalue weighted by Crippen LogP contribution is 2.27. The molecule has 0 bridgehead atoms. The van der Waals surface area contributed by atoms with Crippen LogP contribution >= 0.6 is 11.6 Å². The average molecular weight is 255 g/mol. The van der Waals surface area contributed by atoms with E-state index in [4.69, 9.17) is 11.6 Å². The van der Waals surface area contributed by atoms with E-state index in [9.17, 15) is 0 Å². The molecule has 5 heteroatoms. The number of halogens is 1. The molecule has 1 aliphatic rings. The second-order valence-electron chi connectivity index (χ2n) is 5.06. The smallest absolute Gasteiger partial charge is 0.224 e. The monoisotopic (exact) mass is 254 g/mol. The predicted molar refractivity (Wildman–Crippen MR) is 70.6 cm³/mol. The number of aromatic nitrogens is 2. The van der Waals surface area contributed by atoms with Gasteiger partial charge in [0.1, 0.15) is 5.82 Å². The third-order valence-electron chi connectivity index (χ3n) is 3.45. The van der Waals surface area contributed by atoms with Crippen molar-refractivity contribution in [3.05, 3.63) is 17.0 Å². The van der Waals surface area contributed by atoms with Crippen LogP contribution in [0.2, 0.25) is 5.28 Å². The fourth-order valence-corrected chi connectivity index (χ4v) is 2.66. The zero-order valence-corrected chi connectivity index (χ0v) is 11.6. The van der Waals surface area contributed by atoms with Gasteiger partial charge in [0.2, 0.25) is 5.28 Å². The van der Waals surface area contributed by atoms with Gasteiger partial charge in [-0.15, -0.1) is 0 Å². The van der Waals surface area contributed by atoms with E-state index in [1.807, 2.05) is 6.92 Å². The van der Waals surface area contributed by atoms with Crippen molar-refractivity contribution in [3.8, 4) is 0 Å². The molecule has 1 aromatic heterocycles. The van der Waals surface area contributed by atoms with Crippen LogP contribution in [-0.4, -0.2) is 48.1 Å². The van der Waals surface area contributed by atoms with Gasteiger partial charge in [0, 0.05) is 30.9 Å². The lowest BCUT2D eigenvalue weighted by atomic mass is 10.1. The average Bonchev–Trinajstić information content (AvgIpc) is 2.64. The summed E-state index contributed by atoms with van der Waals surface area (Å²) < 4.78 is 0. The van der Waals surface area contributed by atoms with Crippen molar-refractivity contribution in [2.75, 3.05) is 32.1 Å². The number of hydrogen-bond acceptors (Lipinski definition) is 4. The Kier molecular flexibility index (Phi) is 3.54. The maximum Gasteiger partial charge on any atom is 0.224 e. The molecule has 0 saturated carbocycles. The second kappa shape index (κ2) is 4.78. The lowest BCUT2D eigenvalue weighted by Crippen LogP contribution is -2.34. The molecule has 94 valence electrons. The summed E-state index contributed by atoms with van der Waals surface area (Å²) in [6.07, 6.45) is 1.79. The predicted octanol–water partition coefficient (Wildman–Crippen LogP) is 1.82. The van der Waals surface area contributed by atoms with Gasteiger partial charge in [0.15, 0.2) is 0 Å². The minimum absolute atomic E-state index is 0.326. The van der Waals surface area contributed by atoms with E-state index in [2.05, 4.69) is 40.8 Å². The Balaban J connectivity index is 2.22. The number of anilines is 1. The van der Waals surface area contributed by atoms with Gasteiger partial charge in [-0.05, 0) is 38.5 Å². The van der Waals surface area contributed by atoms with Crippen molar-refractivity contribution >= 4 is 17.4 Å². The molecule has 2 atom stereocenters. The van der Waals surface area contributed by atoms with Crippen LogP contribution in [-0.2, 0) is 0 Å². The molecule has 1 aliphatic heterocycles. The maximum absolute atomic E-state index is 5.87. The molecule has 0 spiro atoms. The number of hydrogen-bond donors (Lipinski definition) is 0. The molecule has 1 saturated heterocycles. The summed E-state index contributed by atoms with van der Waals surface area (Å²) in [7, 11) is 4.26. The summed E-state index contributed by atoms with van der Waals surface area (Å²) in [5, 5.41) is 0.326. The number of nitrogens with zero attached hydrogens (tertiary/aromatic N) is 4. The van der Waals surface area contributed by atoms with E-state index in [0.717, 1.165) is 24.5 Å². The van der Waals surface area contributed by atoms with Crippen LogP contribution in [0.1, 0.15) is 12.5 Å². The summed E-state index contributed by atoms with van der Waals surface area (Å²) in [5.74, 6) is 1.61. The van der Waals surface area contributed by atoms with Gasteiger partial charge >= 0.3 is 0 Å². The number of likely N-dealkylation sites (N-methyl/N-ethyl adjacent to an activating group) is 1. The normalized spacial score (nSPS) is 24.7. The number of aryl methyl sites for hydroxylation is 1. The van der Waals surface area contributed by atoms with E-state index in [1.54, 1.807) is 6.20 Å². The molecule has 0 aliphatic carbocycles. The molecule has 4 nitrogen and oxygen atoms in total. The molecule has 1 fully saturated rings. The topological polar surface area (TPSA) is 32.3 Å². The van der Waals surface area contributed by atoms with E-state index in [-0.39, 0.29) is 0 Å². The lowest BCUT2D eigenvalue weighted by molar-refractivity contribution is 0.266. The zero-order valence-electron chi connectivity index (χ0n) is 10.8. The van der Waals surface area contributed by atoms with E-state index < -0.39 is 0 Å². The molecular weight excluding hydrogens is 236 g/mol. The Hall–Kier alpha value is -0.870. The summed E-state index contributed by atoms with van der Waals surface area (Å²) in [6.45, 7) is 6.33. The van der Waals surface area contributed by atoms with Gasteiger partial charge in [-0.2, -0.15) is 0 Å². The lowest BCUT2D eigenvalue weighted by Gasteiger charge is -2.23. The molecule has 17 heavy (non-hydrogen) atoms. The van der Waals surface area contributed by atoms with Crippen molar-refractivity contribution in [2.24, 2.45) is 5.92 Å². The fourth-order valence-electron chi connectivity index (χ4n) is 2.53. The van der Waals surface area contributed by atoms with Crippen LogP contribution in [0.3, 0.4) is 0 Å². The van der Waals surface area contributed by atoms with Crippen LogP contribution in [0.5, 0.6) is 0 Å². The first-order chi connectivity index (χ1) is 7.99. The van der Waals surface area contributed by atoms with E-state index in [1.165, 1.54) is 0 Å². The van der Waals surface area contributed by atoms with Gasteiger partial charge in [-0.25, -0.2) is 9.97 Å².